The number of methoxy groups -OCH3 is 1. The molecule has 2 atom stereocenters. The predicted octanol–water partition coefficient (Wildman–Crippen LogP) is 1.30. The molecule has 0 aliphatic carbocycles. The van der Waals surface area contributed by atoms with Crippen molar-refractivity contribution in [2.24, 2.45) is 0 Å². The predicted molar refractivity (Wildman–Crippen MR) is 136 cm³/mol. The second-order valence-electron chi connectivity index (χ2n) is 9.33. The highest BCUT2D eigenvalue weighted by atomic mass is 16.6. The van der Waals surface area contributed by atoms with E-state index in [0.717, 1.165) is 5.56 Å². The Labute approximate surface area is 224 Å². The van der Waals surface area contributed by atoms with E-state index >= 15 is 0 Å². The Morgan fingerprint density at radius 3 is 2.90 bits per heavy atom. The van der Waals surface area contributed by atoms with Crippen molar-refractivity contribution in [2.45, 2.75) is 31.6 Å². The molecule has 3 amide bonds. The van der Waals surface area contributed by atoms with Gasteiger partial charge in [0.2, 0.25) is 5.91 Å². The number of hydrogen-bond acceptors (Lipinski definition) is 10. The number of aromatic nitrogens is 2. The number of pyridine rings is 2. The van der Waals surface area contributed by atoms with Gasteiger partial charge in [0.15, 0.2) is 12.4 Å². The number of aryl methyl sites for hydroxylation is 1. The molecule has 2 saturated heterocycles. The van der Waals surface area contributed by atoms with Crippen LogP contribution in [0.1, 0.15) is 33.6 Å². The van der Waals surface area contributed by atoms with Crippen molar-refractivity contribution in [3.63, 3.8) is 0 Å². The number of nitrogens with one attached hydrogen (secondary N) is 1. The van der Waals surface area contributed by atoms with E-state index in [9.17, 15) is 19.6 Å². The van der Waals surface area contributed by atoms with Gasteiger partial charge in [-0.15, -0.1) is 0 Å². The number of morpholine rings is 1. The minimum atomic E-state index is -0.487. The quantitative estimate of drug-likeness (QED) is 0.512. The maximum absolute atomic E-state index is 13.3. The zero-order valence-corrected chi connectivity index (χ0v) is 21.4. The number of carbonyl (C=O) groups is 3. The van der Waals surface area contributed by atoms with Crippen molar-refractivity contribution < 1.29 is 33.3 Å². The van der Waals surface area contributed by atoms with Crippen LogP contribution >= 0.6 is 0 Å². The van der Waals surface area contributed by atoms with E-state index in [0.29, 0.717) is 63.4 Å². The molecule has 204 valence electrons. The Kier molecular flexibility index (Phi) is 7.97. The first-order chi connectivity index (χ1) is 19.0. The summed E-state index contributed by atoms with van der Waals surface area (Å²) in [5.41, 5.74) is 1.82. The summed E-state index contributed by atoms with van der Waals surface area (Å²) in [6.07, 6.45) is 2.64. The summed E-state index contributed by atoms with van der Waals surface area (Å²) in [5, 5.41) is 12.2. The first-order valence-corrected chi connectivity index (χ1v) is 12.6. The van der Waals surface area contributed by atoms with E-state index in [2.05, 4.69) is 15.3 Å². The molecule has 0 radical (unpaired) electrons. The van der Waals surface area contributed by atoms with Crippen molar-refractivity contribution in [3.05, 3.63) is 40.7 Å². The third kappa shape index (κ3) is 5.68. The van der Waals surface area contributed by atoms with Crippen LogP contribution in [-0.4, -0.2) is 91.9 Å². The molecule has 2 aromatic rings. The number of urea groups is 1. The molecule has 3 aliphatic heterocycles. The molecule has 5 rings (SSSR count). The third-order valence-corrected chi connectivity index (χ3v) is 6.86. The lowest BCUT2D eigenvalue weighted by Gasteiger charge is -2.30. The fourth-order valence-electron chi connectivity index (χ4n) is 4.78. The maximum Gasteiger partial charge on any atom is 0.328 e. The summed E-state index contributed by atoms with van der Waals surface area (Å²) in [7, 11) is 1.56. The SMILES string of the molecule is COC1COCC1Oc1cc(NC(=O)N2CCCc3cc(CN4CCOCC4=O)c(C=O)nc32)ncc1C#N. The highest BCUT2D eigenvalue weighted by molar-refractivity contribution is 6.01. The van der Waals surface area contributed by atoms with Crippen LogP contribution in [0.5, 0.6) is 5.75 Å². The molecular weight excluding hydrogens is 508 g/mol. The van der Waals surface area contributed by atoms with Gasteiger partial charge in [-0.1, -0.05) is 0 Å². The monoisotopic (exact) mass is 536 g/mol. The molecule has 39 heavy (non-hydrogen) atoms. The Morgan fingerprint density at radius 1 is 1.28 bits per heavy atom. The molecule has 0 spiro atoms. The number of carbonyl (C=O) groups excluding carboxylic acids is 3. The van der Waals surface area contributed by atoms with Crippen LogP contribution < -0.4 is 15.0 Å². The summed E-state index contributed by atoms with van der Waals surface area (Å²) in [6, 6.07) is 4.88. The van der Waals surface area contributed by atoms with Gasteiger partial charge in [-0.05, 0) is 24.5 Å². The number of nitriles is 1. The Morgan fingerprint density at radius 2 is 2.13 bits per heavy atom. The van der Waals surface area contributed by atoms with E-state index in [1.165, 1.54) is 17.2 Å². The molecule has 0 bridgehead atoms. The lowest BCUT2D eigenvalue weighted by molar-refractivity contribution is -0.143. The Bertz CT molecular complexity index is 1310. The zero-order chi connectivity index (χ0) is 27.4. The van der Waals surface area contributed by atoms with Crippen LogP contribution in [0, 0.1) is 11.3 Å². The molecule has 5 heterocycles. The van der Waals surface area contributed by atoms with Gasteiger partial charge in [0.05, 0.1) is 26.0 Å². The van der Waals surface area contributed by atoms with Gasteiger partial charge in [0.25, 0.3) is 0 Å². The topological polar surface area (TPSA) is 156 Å². The maximum atomic E-state index is 13.3. The first kappa shape index (κ1) is 26.5. The molecule has 0 aromatic carbocycles. The van der Waals surface area contributed by atoms with Gasteiger partial charge < -0.3 is 23.8 Å². The molecular formula is C26H28N6O7. The number of aldehydes is 1. The van der Waals surface area contributed by atoms with Gasteiger partial charge in [0.1, 0.15) is 47.4 Å². The molecule has 2 fully saturated rings. The number of anilines is 2. The highest BCUT2D eigenvalue weighted by Gasteiger charge is 2.31. The number of fused-ring (bicyclic) bond motifs is 1. The second-order valence-corrected chi connectivity index (χ2v) is 9.33. The molecule has 0 saturated carbocycles. The summed E-state index contributed by atoms with van der Waals surface area (Å²) in [4.78, 5) is 49.2. The van der Waals surface area contributed by atoms with Gasteiger partial charge in [0, 0.05) is 38.4 Å². The van der Waals surface area contributed by atoms with Crippen LogP contribution in [-0.2, 0) is 32.0 Å². The number of nitrogens with zero attached hydrogens (tertiary/aromatic N) is 5. The van der Waals surface area contributed by atoms with Crippen molar-refractivity contribution >= 4 is 29.9 Å². The van der Waals surface area contributed by atoms with Crippen LogP contribution in [0.4, 0.5) is 16.4 Å². The minimum absolute atomic E-state index is 0.0142. The molecule has 2 unspecified atom stereocenters. The smallest absolute Gasteiger partial charge is 0.328 e. The largest absolute Gasteiger partial charge is 0.484 e. The molecule has 1 N–H and O–H groups in total. The number of hydrogen-bond donors (Lipinski definition) is 1. The summed E-state index contributed by atoms with van der Waals surface area (Å²) >= 11 is 0. The first-order valence-electron chi connectivity index (χ1n) is 12.6. The van der Waals surface area contributed by atoms with Crippen molar-refractivity contribution in [1.82, 2.24) is 14.9 Å². The third-order valence-electron chi connectivity index (χ3n) is 6.86. The highest BCUT2D eigenvalue weighted by Crippen LogP contribution is 2.29. The molecule has 13 heteroatoms. The van der Waals surface area contributed by atoms with Gasteiger partial charge >= 0.3 is 6.03 Å². The van der Waals surface area contributed by atoms with Crippen LogP contribution in [0.25, 0.3) is 0 Å². The van der Waals surface area contributed by atoms with Crippen LogP contribution in [0.2, 0.25) is 0 Å². The lowest BCUT2D eigenvalue weighted by Crippen LogP contribution is -2.42. The summed E-state index contributed by atoms with van der Waals surface area (Å²) in [5.74, 6) is 0.678. The minimum Gasteiger partial charge on any atom is -0.484 e. The molecule has 13 nitrogen and oxygen atoms in total. The summed E-state index contributed by atoms with van der Waals surface area (Å²) < 4.78 is 21.9. The lowest BCUT2D eigenvalue weighted by atomic mass is 10.0. The Balaban J connectivity index is 1.35. The van der Waals surface area contributed by atoms with E-state index < -0.39 is 12.1 Å². The normalized spacial score (nSPS) is 20.8. The van der Waals surface area contributed by atoms with E-state index in [4.69, 9.17) is 18.9 Å². The number of ether oxygens (including phenoxy) is 4. The van der Waals surface area contributed by atoms with Gasteiger partial charge in [-0.2, -0.15) is 5.26 Å². The second kappa shape index (κ2) is 11.7. The summed E-state index contributed by atoms with van der Waals surface area (Å²) in [6.45, 7) is 2.21. The fourth-order valence-corrected chi connectivity index (χ4v) is 4.78. The van der Waals surface area contributed by atoms with Crippen molar-refractivity contribution in [2.75, 3.05) is 56.8 Å². The van der Waals surface area contributed by atoms with Crippen molar-refractivity contribution in [1.29, 1.82) is 5.26 Å². The average molecular weight is 537 g/mol. The number of amides is 3. The fraction of sp³-hybridized carbons (Fsp3) is 0.462. The van der Waals surface area contributed by atoms with E-state index in [-0.39, 0.29) is 48.0 Å². The number of rotatable bonds is 7. The van der Waals surface area contributed by atoms with Gasteiger partial charge in [-0.3, -0.25) is 19.8 Å². The van der Waals surface area contributed by atoms with Crippen LogP contribution in [0.15, 0.2) is 18.3 Å². The van der Waals surface area contributed by atoms with E-state index in [1.54, 1.807) is 12.0 Å². The van der Waals surface area contributed by atoms with E-state index in [1.807, 2.05) is 12.1 Å². The molecule has 3 aliphatic rings. The van der Waals surface area contributed by atoms with Crippen molar-refractivity contribution in [3.8, 4) is 11.8 Å². The zero-order valence-electron chi connectivity index (χ0n) is 21.4. The van der Waals surface area contributed by atoms with Crippen LogP contribution in [0.3, 0.4) is 0 Å². The molecule has 2 aromatic heterocycles. The standard InChI is InChI=1S/C26H28N6O7/c1-36-21-13-38-14-22(21)39-20-8-23(28-10-18(20)9-27)30-26(35)32-4-2-3-16-7-17(19(12-33)29-25(16)32)11-31-5-6-37-15-24(31)34/h7-8,10,12,21-22H,2-6,11,13-15H2,1H3,(H,28,30,35). The van der Waals surface area contributed by atoms with Gasteiger partial charge in [-0.25, -0.2) is 14.8 Å². The average Bonchev–Trinajstić information content (AvgIpc) is 3.40. The Hall–Kier alpha value is -4.12.